The predicted octanol–water partition coefficient (Wildman–Crippen LogP) is 3.67. The number of likely N-dealkylation sites (N-methyl/N-ethyl adjacent to an activating group) is 1. The van der Waals surface area contributed by atoms with Gasteiger partial charge in [-0.2, -0.15) is 0 Å². The Balaban J connectivity index is 1.69. The molecule has 1 aromatic heterocycles. The van der Waals surface area contributed by atoms with E-state index in [9.17, 15) is 9.59 Å². The van der Waals surface area contributed by atoms with Crippen LogP contribution in [-0.2, 0) is 11.2 Å². The minimum absolute atomic E-state index is 0.0176. The Bertz CT molecular complexity index is 1100. The van der Waals surface area contributed by atoms with Gasteiger partial charge in [0, 0.05) is 49.6 Å². The van der Waals surface area contributed by atoms with Crippen LogP contribution in [0.1, 0.15) is 22.8 Å². The zero-order valence-electron chi connectivity index (χ0n) is 18.4. The number of carbonyl (C=O) groups excluding carboxylic acids is 2. The summed E-state index contributed by atoms with van der Waals surface area (Å²) in [6.45, 7) is 3.63. The number of methoxy groups -OCH3 is 1. The van der Waals surface area contributed by atoms with E-state index in [-0.39, 0.29) is 11.8 Å². The summed E-state index contributed by atoms with van der Waals surface area (Å²) in [6.07, 6.45) is 4.00. The lowest BCUT2D eigenvalue weighted by molar-refractivity contribution is -0.139. The Labute approximate surface area is 188 Å². The minimum Gasteiger partial charge on any atom is -0.497 e. The van der Waals surface area contributed by atoms with Crippen LogP contribution < -0.4 is 4.74 Å². The number of aromatic nitrogens is 1. The van der Waals surface area contributed by atoms with Crippen LogP contribution >= 0.6 is 0 Å². The molecular formula is C26H27N3O3. The van der Waals surface area contributed by atoms with Gasteiger partial charge in [-0.25, -0.2) is 0 Å². The maximum absolute atomic E-state index is 13.5. The Morgan fingerprint density at radius 2 is 1.94 bits per heavy atom. The normalized spacial score (nSPS) is 16.2. The second kappa shape index (κ2) is 9.64. The molecule has 3 aromatic rings. The molecule has 32 heavy (non-hydrogen) atoms. The zero-order chi connectivity index (χ0) is 22.5. The number of nitrogens with zero attached hydrogens (tertiary/aromatic N) is 3. The van der Waals surface area contributed by atoms with Gasteiger partial charge in [0.1, 0.15) is 11.8 Å². The van der Waals surface area contributed by atoms with E-state index in [1.54, 1.807) is 42.5 Å². The maximum atomic E-state index is 13.5. The number of hydrogen-bond acceptors (Lipinski definition) is 4. The second-order valence-corrected chi connectivity index (χ2v) is 7.77. The fraction of sp³-hybridized carbons (Fsp3) is 0.269. The van der Waals surface area contributed by atoms with Crippen LogP contribution in [0.5, 0.6) is 5.75 Å². The summed E-state index contributed by atoms with van der Waals surface area (Å²) in [5.74, 6) is 0.445. The quantitative estimate of drug-likeness (QED) is 0.600. The summed E-state index contributed by atoms with van der Waals surface area (Å²) in [5.41, 5.74) is 3.55. The number of benzene rings is 2. The molecule has 0 bridgehead atoms. The lowest BCUT2D eigenvalue weighted by Gasteiger charge is -2.40. The molecule has 1 saturated heterocycles. The highest BCUT2D eigenvalue weighted by Crippen LogP contribution is 2.27. The van der Waals surface area contributed by atoms with Crippen molar-refractivity contribution in [3.63, 3.8) is 0 Å². The van der Waals surface area contributed by atoms with E-state index < -0.39 is 6.04 Å². The number of rotatable bonds is 6. The smallest absolute Gasteiger partial charge is 0.254 e. The molecule has 1 fully saturated rings. The summed E-state index contributed by atoms with van der Waals surface area (Å²) >= 11 is 0. The Kier molecular flexibility index (Phi) is 6.50. The van der Waals surface area contributed by atoms with E-state index in [2.05, 4.69) is 4.98 Å². The molecule has 0 spiro atoms. The molecule has 2 aromatic carbocycles. The molecule has 2 amide bonds. The number of piperazine rings is 1. The van der Waals surface area contributed by atoms with Crippen molar-refractivity contribution in [1.82, 2.24) is 14.8 Å². The number of pyridine rings is 1. The van der Waals surface area contributed by atoms with Gasteiger partial charge in [-0.15, -0.1) is 0 Å². The molecule has 0 saturated carbocycles. The molecular weight excluding hydrogens is 402 g/mol. The van der Waals surface area contributed by atoms with E-state index in [0.717, 1.165) is 16.7 Å². The van der Waals surface area contributed by atoms with Crippen LogP contribution in [0.25, 0.3) is 11.1 Å². The number of ether oxygens (including phenoxy) is 1. The zero-order valence-corrected chi connectivity index (χ0v) is 18.4. The van der Waals surface area contributed by atoms with Crippen LogP contribution in [0.3, 0.4) is 0 Å². The third-order valence-electron chi connectivity index (χ3n) is 5.95. The number of carbonyl (C=O) groups is 2. The van der Waals surface area contributed by atoms with Crippen LogP contribution in [0, 0.1) is 0 Å². The van der Waals surface area contributed by atoms with E-state index >= 15 is 0 Å². The predicted molar refractivity (Wildman–Crippen MR) is 123 cm³/mol. The Morgan fingerprint density at radius 3 is 2.69 bits per heavy atom. The molecule has 164 valence electrons. The van der Waals surface area contributed by atoms with Crippen LogP contribution in [0.15, 0.2) is 73.1 Å². The first-order valence-corrected chi connectivity index (χ1v) is 10.8. The number of hydrogen-bond donors (Lipinski definition) is 0. The molecule has 1 atom stereocenters. The first-order chi connectivity index (χ1) is 15.6. The highest BCUT2D eigenvalue weighted by atomic mass is 16.5. The van der Waals surface area contributed by atoms with Crippen molar-refractivity contribution in [3.8, 4) is 16.9 Å². The number of amides is 2. The van der Waals surface area contributed by atoms with E-state index in [1.807, 2.05) is 54.4 Å². The van der Waals surface area contributed by atoms with Gasteiger partial charge in [0.15, 0.2) is 0 Å². The standard InChI is InChI=1S/C26H27N3O3/c1-3-28-14-15-29(25(30)20-9-6-11-22(16-20)32-2)24(26(28)31)17-19-8-4-5-12-23(19)21-10-7-13-27-18-21/h4-13,16,18,24H,3,14-15,17H2,1-2H3/t24-/m0/s1. The van der Waals surface area contributed by atoms with Gasteiger partial charge < -0.3 is 14.5 Å². The summed E-state index contributed by atoms with van der Waals surface area (Å²) in [5, 5.41) is 0. The van der Waals surface area contributed by atoms with Crippen molar-refractivity contribution in [2.45, 2.75) is 19.4 Å². The van der Waals surface area contributed by atoms with Crippen LogP contribution in [-0.4, -0.2) is 59.4 Å². The third kappa shape index (κ3) is 4.35. The molecule has 1 aliphatic rings. The van der Waals surface area contributed by atoms with Crippen molar-refractivity contribution in [2.75, 3.05) is 26.7 Å². The van der Waals surface area contributed by atoms with Gasteiger partial charge >= 0.3 is 0 Å². The summed E-state index contributed by atoms with van der Waals surface area (Å²) < 4.78 is 5.28. The molecule has 1 aliphatic heterocycles. The minimum atomic E-state index is -0.569. The topological polar surface area (TPSA) is 62.7 Å². The average Bonchev–Trinajstić information content (AvgIpc) is 2.85. The van der Waals surface area contributed by atoms with E-state index in [4.69, 9.17) is 4.74 Å². The average molecular weight is 430 g/mol. The highest BCUT2D eigenvalue weighted by Gasteiger charge is 2.37. The van der Waals surface area contributed by atoms with Crippen molar-refractivity contribution in [3.05, 3.63) is 84.2 Å². The van der Waals surface area contributed by atoms with Crippen LogP contribution in [0.4, 0.5) is 0 Å². The van der Waals surface area contributed by atoms with Gasteiger partial charge in [-0.3, -0.25) is 14.6 Å². The van der Waals surface area contributed by atoms with Gasteiger partial charge in [0.25, 0.3) is 5.91 Å². The van der Waals surface area contributed by atoms with Crippen molar-refractivity contribution in [2.24, 2.45) is 0 Å². The molecule has 2 heterocycles. The first-order valence-electron chi connectivity index (χ1n) is 10.8. The largest absolute Gasteiger partial charge is 0.497 e. The van der Waals surface area contributed by atoms with Crippen molar-refractivity contribution < 1.29 is 14.3 Å². The first kappa shape index (κ1) is 21.6. The lowest BCUT2D eigenvalue weighted by Crippen LogP contribution is -2.59. The van der Waals surface area contributed by atoms with Gasteiger partial charge in [0.2, 0.25) is 5.91 Å². The van der Waals surface area contributed by atoms with Crippen LogP contribution in [0.2, 0.25) is 0 Å². The summed E-state index contributed by atoms with van der Waals surface area (Å²) in [7, 11) is 1.57. The van der Waals surface area contributed by atoms with Crippen molar-refractivity contribution in [1.29, 1.82) is 0 Å². The maximum Gasteiger partial charge on any atom is 0.254 e. The Morgan fingerprint density at radius 1 is 1.09 bits per heavy atom. The fourth-order valence-electron chi connectivity index (χ4n) is 4.23. The Hall–Kier alpha value is -3.67. The molecule has 6 heteroatoms. The van der Waals surface area contributed by atoms with Crippen molar-refractivity contribution >= 4 is 11.8 Å². The van der Waals surface area contributed by atoms with Gasteiger partial charge in [-0.1, -0.05) is 36.4 Å². The third-order valence-corrected chi connectivity index (χ3v) is 5.95. The second-order valence-electron chi connectivity index (χ2n) is 7.77. The van der Waals surface area contributed by atoms with Gasteiger partial charge in [0.05, 0.1) is 7.11 Å². The molecule has 0 radical (unpaired) electrons. The summed E-state index contributed by atoms with van der Waals surface area (Å²) in [4.78, 5) is 34.6. The molecule has 6 nitrogen and oxygen atoms in total. The molecule has 0 N–H and O–H groups in total. The monoisotopic (exact) mass is 429 g/mol. The molecule has 0 unspecified atom stereocenters. The van der Waals surface area contributed by atoms with Gasteiger partial charge in [-0.05, 0) is 42.3 Å². The highest BCUT2D eigenvalue weighted by molar-refractivity contribution is 5.98. The molecule has 4 rings (SSSR count). The van der Waals surface area contributed by atoms with E-state index in [0.29, 0.717) is 37.4 Å². The fourth-order valence-corrected chi connectivity index (χ4v) is 4.23. The SMILES string of the molecule is CCN1CCN(C(=O)c2cccc(OC)c2)[C@@H](Cc2ccccc2-c2cccnc2)C1=O. The van der Waals surface area contributed by atoms with E-state index in [1.165, 1.54) is 0 Å². The summed E-state index contributed by atoms with van der Waals surface area (Å²) in [6, 6.07) is 18.4. The lowest BCUT2D eigenvalue weighted by atomic mass is 9.93. The molecule has 0 aliphatic carbocycles.